The highest BCUT2D eigenvalue weighted by Crippen LogP contribution is 2.22. The molecule has 1 aliphatic rings. The van der Waals surface area contributed by atoms with Crippen molar-refractivity contribution in [2.24, 2.45) is 0 Å². The van der Waals surface area contributed by atoms with Crippen molar-refractivity contribution in [1.29, 1.82) is 0 Å². The van der Waals surface area contributed by atoms with Crippen LogP contribution in [0.3, 0.4) is 0 Å². The van der Waals surface area contributed by atoms with Crippen molar-refractivity contribution in [1.82, 2.24) is 30.0 Å². The number of hydrogen-bond acceptors (Lipinski definition) is 6. The van der Waals surface area contributed by atoms with E-state index >= 15 is 0 Å². The molecule has 0 spiro atoms. The highest BCUT2D eigenvalue weighted by Gasteiger charge is 2.17. The molecular formula is C23H23BrN6O2. The molecule has 4 aromatic rings. The number of carbonyl (C=O) groups is 1. The van der Waals surface area contributed by atoms with Crippen molar-refractivity contribution in [2.75, 3.05) is 13.1 Å². The second-order valence-corrected chi connectivity index (χ2v) is 8.94. The quantitative estimate of drug-likeness (QED) is 0.398. The number of aryl methyl sites for hydroxylation is 1. The number of hydrogen-bond donors (Lipinski definition) is 0. The summed E-state index contributed by atoms with van der Waals surface area (Å²) in [6, 6.07) is 13.8. The Morgan fingerprint density at radius 2 is 1.88 bits per heavy atom. The molecule has 0 unspecified atom stereocenters. The van der Waals surface area contributed by atoms with E-state index in [2.05, 4.69) is 36.4 Å². The van der Waals surface area contributed by atoms with Gasteiger partial charge in [0, 0.05) is 29.5 Å². The predicted molar refractivity (Wildman–Crippen MR) is 123 cm³/mol. The second kappa shape index (κ2) is 9.20. The predicted octanol–water partition coefficient (Wildman–Crippen LogP) is 4.24. The normalized spacial score (nSPS) is 14.2. The monoisotopic (exact) mass is 494 g/mol. The van der Waals surface area contributed by atoms with Gasteiger partial charge in [0.25, 0.3) is 0 Å². The van der Waals surface area contributed by atoms with Crippen molar-refractivity contribution >= 4 is 32.9 Å². The van der Waals surface area contributed by atoms with Crippen molar-refractivity contribution in [3.8, 4) is 11.4 Å². The maximum Gasteiger partial charge on any atom is 0.231 e. The Labute approximate surface area is 193 Å². The number of fused-ring (bicyclic) bond motifs is 1. The van der Waals surface area contributed by atoms with Gasteiger partial charge in [-0.2, -0.15) is 4.98 Å². The zero-order chi connectivity index (χ0) is 21.9. The van der Waals surface area contributed by atoms with Gasteiger partial charge in [0.2, 0.25) is 17.6 Å². The molecule has 2 aromatic carbocycles. The molecule has 0 radical (unpaired) electrons. The van der Waals surface area contributed by atoms with Gasteiger partial charge in [0.15, 0.2) is 0 Å². The fourth-order valence-electron chi connectivity index (χ4n) is 4.00. The first-order valence-electron chi connectivity index (χ1n) is 10.8. The number of piperidine rings is 1. The molecule has 0 bridgehead atoms. The van der Waals surface area contributed by atoms with Crippen LogP contribution in [0.2, 0.25) is 0 Å². The van der Waals surface area contributed by atoms with E-state index in [0.29, 0.717) is 31.1 Å². The molecule has 1 fully saturated rings. The second-order valence-electron chi connectivity index (χ2n) is 8.02. The van der Waals surface area contributed by atoms with Crippen molar-refractivity contribution in [2.45, 2.75) is 38.6 Å². The molecule has 32 heavy (non-hydrogen) atoms. The van der Waals surface area contributed by atoms with E-state index in [1.165, 1.54) is 6.42 Å². The van der Waals surface area contributed by atoms with Gasteiger partial charge in [-0.3, -0.25) is 4.79 Å². The number of aromatic nitrogens is 5. The summed E-state index contributed by atoms with van der Waals surface area (Å²) in [5.74, 6) is 1.27. The lowest BCUT2D eigenvalue weighted by atomic mass is 10.1. The van der Waals surface area contributed by atoms with E-state index in [0.717, 1.165) is 52.6 Å². The van der Waals surface area contributed by atoms with Crippen molar-refractivity contribution < 1.29 is 9.32 Å². The summed E-state index contributed by atoms with van der Waals surface area (Å²) in [5.41, 5.74) is 3.55. The summed E-state index contributed by atoms with van der Waals surface area (Å²) in [6.45, 7) is 2.26. The average molecular weight is 495 g/mol. The smallest absolute Gasteiger partial charge is 0.231 e. The Kier molecular flexibility index (Phi) is 5.98. The molecular weight excluding hydrogens is 472 g/mol. The van der Waals surface area contributed by atoms with Crippen LogP contribution in [0.1, 0.15) is 37.1 Å². The van der Waals surface area contributed by atoms with Crippen LogP contribution in [0.4, 0.5) is 0 Å². The minimum absolute atomic E-state index is 0.190. The lowest BCUT2D eigenvalue weighted by Gasteiger charge is -2.26. The molecule has 3 heterocycles. The summed E-state index contributed by atoms with van der Waals surface area (Å²) in [7, 11) is 0. The summed E-state index contributed by atoms with van der Waals surface area (Å²) < 4.78 is 8.26. The van der Waals surface area contributed by atoms with E-state index < -0.39 is 0 Å². The van der Waals surface area contributed by atoms with Crippen LogP contribution in [0, 0.1) is 0 Å². The first-order chi connectivity index (χ1) is 15.7. The molecule has 0 N–H and O–H groups in total. The first-order valence-corrected chi connectivity index (χ1v) is 11.6. The van der Waals surface area contributed by atoms with Gasteiger partial charge in [-0.15, -0.1) is 5.10 Å². The van der Waals surface area contributed by atoms with Crippen LogP contribution in [0.5, 0.6) is 0 Å². The number of likely N-dealkylation sites (tertiary alicyclic amines) is 1. The van der Waals surface area contributed by atoms with Crippen LogP contribution in [-0.4, -0.2) is 49.0 Å². The Morgan fingerprint density at radius 3 is 2.69 bits per heavy atom. The molecule has 1 amide bonds. The number of amides is 1. The van der Waals surface area contributed by atoms with E-state index in [-0.39, 0.29) is 5.91 Å². The van der Waals surface area contributed by atoms with Crippen LogP contribution in [-0.2, 0) is 17.8 Å². The SMILES string of the molecule is O=C(CCn1nnc2cc(-c3noc(Cc4ccc(Br)cc4)n3)ccc21)N1CCCCC1. The highest BCUT2D eigenvalue weighted by molar-refractivity contribution is 9.10. The standard InChI is InChI=1S/C23H23BrN6O2/c24-18-7-4-16(5-8-18)14-21-25-23(27-32-21)17-6-9-20-19(15-17)26-28-30(20)13-10-22(31)29-11-2-1-3-12-29/h4-9,15H,1-3,10-14H2. The van der Waals surface area contributed by atoms with E-state index in [1.54, 1.807) is 4.68 Å². The number of carbonyl (C=O) groups excluding carboxylic acids is 1. The summed E-state index contributed by atoms with van der Waals surface area (Å²) in [4.78, 5) is 18.9. The molecule has 5 rings (SSSR count). The van der Waals surface area contributed by atoms with E-state index in [1.807, 2.05) is 47.4 Å². The number of nitrogens with zero attached hydrogens (tertiary/aromatic N) is 6. The van der Waals surface area contributed by atoms with Crippen molar-refractivity contribution in [3.63, 3.8) is 0 Å². The fourth-order valence-corrected chi connectivity index (χ4v) is 4.26. The molecule has 1 aliphatic heterocycles. The van der Waals surface area contributed by atoms with Gasteiger partial charge < -0.3 is 9.42 Å². The maximum atomic E-state index is 12.5. The molecule has 0 atom stereocenters. The number of rotatable bonds is 6. The maximum absolute atomic E-state index is 12.5. The number of benzene rings is 2. The van der Waals surface area contributed by atoms with Crippen LogP contribution < -0.4 is 0 Å². The van der Waals surface area contributed by atoms with E-state index in [9.17, 15) is 4.79 Å². The van der Waals surface area contributed by atoms with Gasteiger partial charge >= 0.3 is 0 Å². The number of halogens is 1. The van der Waals surface area contributed by atoms with Crippen LogP contribution >= 0.6 is 15.9 Å². The minimum atomic E-state index is 0.190. The Bertz CT molecular complexity index is 1230. The molecule has 0 aliphatic carbocycles. The third kappa shape index (κ3) is 4.57. The third-order valence-electron chi connectivity index (χ3n) is 5.76. The summed E-state index contributed by atoms with van der Waals surface area (Å²) in [5, 5.41) is 12.6. The topological polar surface area (TPSA) is 89.9 Å². The van der Waals surface area contributed by atoms with Gasteiger partial charge in [-0.25, -0.2) is 4.68 Å². The fraction of sp³-hybridized carbons (Fsp3) is 0.348. The largest absolute Gasteiger partial charge is 0.343 e. The molecule has 164 valence electrons. The van der Waals surface area contributed by atoms with E-state index in [4.69, 9.17) is 4.52 Å². The van der Waals surface area contributed by atoms with Gasteiger partial charge in [0.1, 0.15) is 5.52 Å². The molecule has 2 aromatic heterocycles. The minimum Gasteiger partial charge on any atom is -0.343 e. The molecule has 1 saturated heterocycles. The lowest BCUT2D eigenvalue weighted by Crippen LogP contribution is -2.36. The zero-order valence-corrected chi connectivity index (χ0v) is 19.2. The highest BCUT2D eigenvalue weighted by atomic mass is 79.9. The van der Waals surface area contributed by atoms with Gasteiger partial charge in [-0.05, 0) is 55.2 Å². The van der Waals surface area contributed by atoms with Crippen LogP contribution in [0.25, 0.3) is 22.4 Å². The van der Waals surface area contributed by atoms with Crippen molar-refractivity contribution in [3.05, 3.63) is 58.4 Å². The summed E-state index contributed by atoms with van der Waals surface area (Å²) >= 11 is 3.44. The Balaban J connectivity index is 1.27. The Morgan fingerprint density at radius 1 is 1.06 bits per heavy atom. The lowest BCUT2D eigenvalue weighted by molar-refractivity contribution is -0.132. The van der Waals surface area contributed by atoms with Gasteiger partial charge in [0.05, 0.1) is 18.5 Å². The molecule has 8 nitrogen and oxygen atoms in total. The first kappa shape index (κ1) is 20.8. The van der Waals surface area contributed by atoms with Crippen LogP contribution in [0.15, 0.2) is 51.5 Å². The zero-order valence-electron chi connectivity index (χ0n) is 17.6. The summed E-state index contributed by atoms with van der Waals surface area (Å²) in [6.07, 6.45) is 4.42. The van der Waals surface area contributed by atoms with Gasteiger partial charge in [-0.1, -0.05) is 38.4 Å². The molecule has 9 heteroatoms. The average Bonchev–Trinajstić information content (AvgIpc) is 3.46. The Hall–Kier alpha value is -3.07. The third-order valence-corrected chi connectivity index (χ3v) is 6.28. The molecule has 0 saturated carbocycles.